The van der Waals surface area contributed by atoms with Crippen LogP contribution in [0.5, 0.6) is 0 Å². The summed E-state index contributed by atoms with van der Waals surface area (Å²) in [6.07, 6.45) is 0.872. The predicted octanol–water partition coefficient (Wildman–Crippen LogP) is 4.04. The zero-order valence-corrected chi connectivity index (χ0v) is 11.7. The maximum Gasteiger partial charge on any atom is 0.185 e. The number of thiazole rings is 1. The number of thiophene rings is 1. The molecule has 2 heterocycles. The van der Waals surface area contributed by atoms with Gasteiger partial charge < -0.3 is 5.32 Å². The van der Waals surface area contributed by atoms with Crippen LogP contribution >= 0.6 is 45.9 Å². The average Bonchev–Trinajstić information content (AvgIpc) is 2.85. The molecule has 7 heteroatoms. The minimum Gasteiger partial charge on any atom is -0.361 e. The van der Waals surface area contributed by atoms with E-state index in [1.807, 2.05) is 18.2 Å². The molecule has 0 aliphatic carbocycles. The molecule has 0 atom stereocenters. The SMILES string of the molecule is N#Cc1sc(NCCc2ccc(Cl)s2)nc1Cl. The van der Waals surface area contributed by atoms with Gasteiger partial charge in [0.25, 0.3) is 0 Å². The molecule has 0 bridgehead atoms. The van der Waals surface area contributed by atoms with Crippen LogP contribution in [0.4, 0.5) is 5.13 Å². The van der Waals surface area contributed by atoms with E-state index in [2.05, 4.69) is 10.3 Å². The van der Waals surface area contributed by atoms with Gasteiger partial charge in [0.2, 0.25) is 0 Å². The number of nitrogens with one attached hydrogen (secondary N) is 1. The maximum atomic E-state index is 8.73. The molecule has 2 rings (SSSR count). The minimum atomic E-state index is 0.263. The second-order valence-electron chi connectivity index (χ2n) is 3.13. The standard InChI is InChI=1S/C10H7Cl2N3S2/c11-8-2-1-6(16-8)3-4-14-10-15-9(12)7(5-13)17-10/h1-2H,3-4H2,(H,14,15). The molecule has 0 aliphatic heterocycles. The van der Waals surface area contributed by atoms with Crippen molar-refractivity contribution in [2.45, 2.75) is 6.42 Å². The molecule has 0 aromatic carbocycles. The van der Waals surface area contributed by atoms with Crippen LogP contribution in [0.15, 0.2) is 12.1 Å². The van der Waals surface area contributed by atoms with Crippen molar-refractivity contribution in [1.82, 2.24) is 4.98 Å². The second-order valence-corrected chi connectivity index (χ2v) is 6.29. The molecule has 0 amide bonds. The molecule has 3 nitrogen and oxygen atoms in total. The zero-order chi connectivity index (χ0) is 12.3. The van der Waals surface area contributed by atoms with Crippen LogP contribution in [0.2, 0.25) is 9.49 Å². The lowest BCUT2D eigenvalue weighted by Gasteiger charge is -1.99. The van der Waals surface area contributed by atoms with E-state index in [4.69, 9.17) is 28.5 Å². The highest BCUT2D eigenvalue weighted by atomic mass is 35.5. The number of halogens is 2. The minimum absolute atomic E-state index is 0.263. The predicted molar refractivity (Wildman–Crippen MR) is 73.4 cm³/mol. The van der Waals surface area contributed by atoms with Gasteiger partial charge in [-0.15, -0.1) is 11.3 Å². The van der Waals surface area contributed by atoms with Crippen molar-refractivity contribution in [3.05, 3.63) is 31.4 Å². The third-order valence-corrected chi connectivity index (χ3v) is 4.56. The molecule has 2 aromatic rings. The van der Waals surface area contributed by atoms with Crippen LogP contribution < -0.4 is 5.32 Å². The van der Waals surface area contributed by atoms with Crippen molar-refractivity contribution in [2.75, 3.05) is 11.9 Å². The number of nitriles is 1. The van der Waals surface area contributed by atoms with Crippen molar-refractivity contribution in [3.8, 4) is 6.07 Å². The van der Waals surface area contributed by atoms with Gasteiger partial charge in [-0.25, -0.2) is 4.98 Å². The van der Waals surface area contributed by atoms with E-state index in [0.29, 0.717) is 10.0 Å². The quantitative estimate of drug-likeness (QED) is 0.927. The highest BCUT2D eigenvalue weighted by Gasteiger charge is 2.07. The van der Waals surface area contributed by atoms with Crippen molar-refractivity contribution < 1.29 is 0 Å². The summed E-state index contributed by atoms with van der Waals surface area (Å²) in [4.78, 5) is 5.70. The monoisotopic (exact) mass is 303 g/mol. The molecule has 88 valence electrons. The molecular formula is C10H7Cl2N3S2. The van der Waals surface area contributed by atoms with Gasteiger partial charge in [0.1, 0.15) is 10.9 Å². The fourth-order valence-electron chi connectivity index (χ4n) is 1.22. The summed E-state index contributed by atoms with van der Waals surface area (Å²) in [7, 11) is 0. The second kappa shape index (κ2) is 5.69. The van der Waals surface area contributed by atoms with Crippen molar-refractivity contribution in [1.29, 1.82) is 5.26 Å². The van der Waals surface area contributed by atoms with E-state index in [9.17, 15) is 0 Å². The van der Waals surface area contributed by atoms with E-state index < -0.39 is 0 Å². The number of hydrogen-bond acceptors (Lipinski definition) is 5. The van der Waals surface area contributed by atoms with Gasteiger partial charge in [0.15, 0.2) is 10.3 Å². The molecule has 0 unspecified atom stereocenters. The molecule has 17 heavy (non-hydrogen) atoms. The summed E-state index contributed by atoms with van der Waals surface area (Å²) >= 11 is 14.4. The van der Waals surface area contributed by atoms with Crippen LogP contribution in [0.3, 0.4) is 0 Å². The first kappa shape index (κ1) is 12.7. The highest BCUT2D eigenvalue weighted by Crippen LogP contribution is 2.26. The lowest BCUT2D eigenvalue weighted by Crippen LogP contribution is -2.03. The Kier molecular flexibility index (Phi) is 4.24. The Bertz CT molecular complexity index is 556. The Morgan fingerprint density at radius 3 is 2.76 bits per heavy atom. The van der Waals surface area contributed by atoms with Gasteiger partial charge in [0, 0.05) is 11.4 Å². The van der Waals surface area contributed by atoms with Crippen molar-refractivity contribution in [2.24, 2.45) is 0 Å². The topological polar surface area (TPSA) is 48.7 Å². The highest BCUT2D eigenvalue weighted by molar-refractivity contribution is 7.16. The molecule has 0 radical (unpaired) electrons. The lowest BCUT2D eigenvalue weighted by molar-refractivity contribution is 1.04. The summed E-state index contributed by atoms with van der Waals surface area (Å²) in [6, 6.07) is 5.88. The Hall–Kier alpha value is -0.800. The molecule has 0 fully saturated rings. The lowest BCUT2D eigenvalue weighted by atomic mass is 10.3. The average molecular weight is 304 g/mol. The van der Waals surface area contributed by atoms with Gasteiger partial charge in [-0.2, -0.15) is 5.26 Å². The fourth-order valence-corrected chi connectivity index (χ4v) is 3.28. The van der Waals surface area contributed by atoms with Crippen molar-refractivity contribution in [3.63, 3.8) is 0 Å². The third-order valence-electron chi connectivity index (χ3n) is 1.96. The summed E-state index contributed by atoms with van der Waals surface area (Å²) < 4.78 is 0.795. The molecule has 2 aromatic heterocycles. The molecule has 0 aliphatic rings. The Morgan fingerprint density at radius 1 is 1.35 bits per heavy atom. The third kappa shape index (κ3) is 3.33. The van der Waals surface area contributed by atoms with Gasteiger partial charge in [-0.1, -0.05) is 34.5 Å². The molecule has 0 saturated heterocycles. The first-order chi connectivity index (χ1) is 8.19. The fraction of sp³-hybridized carbons (Fsp3) is 0.200. The Labute approximate surface area is 117 Å². The summed E-state index contributed by atoms with van der Waals surface area (Å²) in [6.45, 7) is 0.742. The van der Waals surface area contributed by atoms with Crippen molar-refractivity contribution >= 4 is 51.0 Å². The first-order valence-corrected chi connectivity index (χ1v) is 7.12. The first-order valence-electron chi connectivity index (χ1n) is 4.73. The van der Waals surface area contributed by atoms with Crippen LogP contribution in [-0.4, -0.2) is 11.5 Å². The van der Waals surface area contributed by atoms with Gasteiger partial charge in [-0.3, -0.25) is 0 Å². The summed E-state index contributed by atoms with van der Waals surface area (Å²) in [5.41, 5.74) is 0. The zero-order valence-electron chi connectivity index (χ0n) is 8.54. The maximum absolute atomic E-state index is 8.73. The number of anilines is 1. The molecule has 1 N–H and O–H groups in total. The molecule has 0 saturated carbocycles. The van der Waals surface area contributed by atoms with Crippen LogP contribution in [0.25, 0.3) is 0 Å². The van der Waals surface area contributed by atoms with Gasteiger partial charge in [-0.05, 0) is 18.6 Å². The number of nitrogens with zero attached hydrogens (tertiary/aromatic N) is 2. The van der Waals surface area contributed by atoms with Gasteiger partial charge >= 0.3 is 0 Å². The van der Waals surface area contributed by atoms with E-state index >= 15 is 0 Å². The van der Waals surface area contributed by atoms with Gasteiger partial charge in [0.05, 0.1) is 4.34 Å². The largest absolute Gasteiger partial charge is 0.361 e. The summed E-state index contributed by atoms with van der Waals surface area (Å²) in [5.74, 6) is 0. The van der Waals surface area contributed by atoms with E-state index in [-0.39, 0.29) is 5.15 Å². The Balaban J connectivity index is 1.88. The molecule has 0 spiro atoms. The number of rotatable bonds is 4. The number of aromatic nitrogens is 1. The molecular weight excluding hydrogens is 297 g/mol. The normalized spacial score (nSPS) is 10.2. The van der Waals surface area contributed by atoms with E-state index in [0.717, 1.165) is 17.3 Å². The number of hydrogen-bond donors (Lipinski definition) is 1. The Morgan fingerprint density at radius 2 is 2.18 bits per heavy atom. The van der Waals surface area contributed by atoms with E-state index in [1.54, 1.807) is 11.3 Å². The van der Waals surface area contributed by atoms with Crippen LogP contribution in [0, 0.1) is 11.3 Å². The smallest absolute Gasteiger partial charge is 0.185 e. The van der Waals surface area contributed by atoms with E-state index in [1.165, 1.54) is 16.2 Å². The summed E-state index contributed by atoms with van der Waals surface area (Å²) in [5, 5.41) is 12.8. The van der Waals surface area contributed by atoms with Crippen LogP contribution in [-0.2, 0) is 6.42 Å². The van der Waals surface area contributed by atoms with Crippen LogP contribution in [0.1, 0.15) is 9.75 Å².